The zero-order valence-corrected chi connectivity index (χ0v) is 21.7. The van der Waals surface area contributed by atoms with E-state index in [2.05, 4.69) is 34.1 Å². The molecular weight excluding hydrogens is 472 g/mol. The number of fused-ring (bicyclic) bond motifs is 5. The summed E-state index contributed by atoms with van der Waals surface area (Å²) in [6.07, 6.45) is 5.12. The first kappa shape index (κ1) is 23.4. The van der Waals surface area contributed by atoms with Gasteiger partial charge in [-0.2, -0.15) is 0 Å². The molecule has 2 aliphatic heterocycles. The van der Waals surface area contributed by atoms with Crippen LogP contribution in [0, 0.1) is 0 Å². The van der Waals surface area contributed by atoms with E-state index in [1.807, 2.05) is 40.9 Å². The number of pyridine rings is 2. The zero-order valence-electron chi connectivity index (χ0n) is 20.9. The Morgan fingerprint density at radius 3 is 2.72 bits per heavy atom. The molecule has 36 heavy (non-hydrogen) atoms. The Bertz CT molecular complexity index is 1500. The van der Waals surface area contributed by atoms with Gasteiger partial charge in [-0.3, -0.25) is 14.0 Å². The third-order valence-electron chi connectivity index (χ3n) is 7.80. The van der Waals surface area contributed by atoms with Gasteiger partial charge < -0.3 is 20.0 Å². The Morgan fingerprint density at radius 2 is 1.94 bits per heavy atom. The summed E-state index contributed by atoms with van der Waals surface area (Å²) in [7, 11) is 4.26. The standard InChI is InChI=1S/C27H32N6O2S/c1-30-12-14-32(15-13-30)19-16-20-24(34)23(26(35)28-10-9-18-6-5-11-31(18)2)27-33(25(20)29-17-19)21-7-3-4-8-22(21)36-27/h3-4,7-8,16-18H,5-6,9-15H2,1-2H3,(H,28,35). The molecule has 1 N–H and O–H groups in total. The van der Waals surface area contributed by atoms with Gasteiger partial charge in [-0.25, -0.2) is 4.98 Å². The minimum atomic E-state index is -0.295. The SMILES string of the molecule is CN1CCN(c2cnc3c(c2)c(=O)c(C(=O)NCCC2CCCN2C)c2sc4ccccc4n23)CC1. The van der Waals surface area contributed by atoms with Crippen LogP contribution in [0.25, 0.3) is 26.1 Å². The number of nitrogens with zero attached hydrogens (tertiary/aromatic N) is 5. The van der Waals surface area contributed by atoms with E-state index in [0.717, 1.165) is 61.5 Å². The highest BCUT2D eigenvalue weighted by atomic mass is 32.1. The number of hydrogen-bond acceptors (Lipinski definition) is 7. The van der Waals surface area contributed by atoms with Gasteiger partial charge in [0.05, 0.1) is 27.5 Å². The highest BCUT2D eigenvalue weighted by Gasteiger charge is 2.25. The van der Waals surface area contributed by atoms with Crippen LogP contribution in [-0.2, 0) is 0 Å². The van der Waals surface area contributed by atoms with Crippen LogP contribution in [0.3, 0.4) is 0 Å². The number of carbonyl (C=O) groups is 1. The lowest BCUT2D eigenvalue weighted by molar-refractivity contribution is 0.0951. The van der Waals surface area contributed by atoms with E-state index in [9.17, 15) is 9.59 Å². The number of piperazine rings is 1. The molecule has 2 saturated heterocycles. The van der Waals surface area contributed by atoms with E-state index in [-0.39, 0.29) is 16.9 Å². The molecule has 8 nitrogen and oxygen atoms in total. The second kappa shape index (κ2) is 9.46. The molecule has 1 amide bonds. The van der Waals surface area contributed by atoms with Gasteiger partial charge in [0.2, 0.25) is 5.43 Å². The number of hydrogen-bond donors (Lipinski definition) is 1. The van der Waals surface area contributed by atoms with Crippen LogP contribution < -0.4 is 15.6 Å². The van der Waals surface area contributed by atoms with Crippen molar-refractivity contribution < 1.29 is 4.79 Å². The van der Waals surface area contributed by atoms with Crippen molar-refractivity contribution in [1.82, 2.24) is 24.5 Å². The smallest absolute Gasteiger partial charge is 0.258 e. The summed E-state index contributed by atoms with van der Waals surface area (Å²) in [5, 5.41) is 3.56. The van der Waals surface area contributed by atoms with E-state index in [1.165, 1.54) is 17.8 Å². The molecule has 1 unspecified atom stereocenters. The molecule has 1 atom stereocenters. The van der Waals surface area contributed by atoms with Crippen molar-refractivity contribution in [3.8, 4) is 0 Å². The Balaban J connectivity index is 1.44. The molecule has 5 heterocycles. The maximum atomic E-state index is 13.9. The molecule has 0 radical (unpaired) electrons. The molecule has 0 saturated carbocycles. The van der Waals surface area contributed by atoms with E-state index in [1.54, 1.807) is 0 Å². The molecule has 9 heteroatoms. The topological polar surface area (TPSA) is 73.2 Å². The van der Waals surface area contributed by atoms with Crippen LogP contribution in [0.4, 0.5) is 5.69 Å². The minimum Gasteiger partial charge on any atom is -0.368 e. The van der Waals surface area contributed by atoms with Gasteiger partial charge in [-0.15, -0.1) is 11.3 Å². The fourth-order valence-corrected chi connectivity index (χ4v) is 6.79. The number of amides is 1. The molecular formula is C27H32N6O2S. The summed E-state index contributed by atoms with van der Waals surface area (Å²) in [4.78, 5) is 39.8. The summed E-state index contributed by atoms with van der Waals surface area (Å²) in [6, 6.07) is 10.4. The summed E-state index contributed by atoms with van der Waals surface area (Å²) in [5.41, 5.74) is 2.48. The second-order valence-corrected chi connectivity index (χ2v) is 11.1. The Hall–Kier alpha value is -3.01. The lowest BCUT2D eigenvalue weighted by Gasteiger charge is -2.33. The first-order chi connectivity index (χ1) is 17.5. The third kappa shape index (κ3) is 4.05. The number of likely N-dealkylation sites (N-methyl/N-ethyl adjacent to an activating group) is 1. The summed E-state index contributed by atoms with van der Waals surface area (Å²) < 4.78 is 3.01. The molecule has 2 fully saturated rings. The highest BCUT2D eigenvalue weighted by molar-refractivity contribution is 7.24. The van der Waals surface area contributed by atoms with Crippen LogP contribution in [0.5, 0.6) is 0 Å². The number of carbonyl (C=O) groups excluding carboxylic acids is 1. The Kier molecular flexibility index (Phi) is 6.15. The van der Waals surface area contributed by atoms with Crippen LogP contribution in [0.1, 0.15) is 29.6 Å². The molecule has 0 spiro atoms. The van der Waals surface area contributed by atoms with Crippen LogP contribution in [-0.4, -0.2) is 84.5 Å². The van der Waals surface area contributed by atoms with Crippen molar-refractivity contribution in [3.63, 3.8) is 0 Å². The van der Waals surface area contributed by atoms with Gasteiger partial charge >= 0.3 is 0 Å². The normalized spacial score (nSPS) is 19.6. The van der Waals surface area contributed by atoms with Crippen molar-refractivity contribution in [2.24, 2.45) is 0 Å². The monoisotopic (exact) mass is 504 g/mol. The number of aromatic nitrogens is 2. The number of nitrogens with one attached hydrogen (secondary N) is 1. The first-order valence-corrected chi connectivity index (χ1v) is 13.6. The quantitative estimate of drug-likeness (QED) is 0.451. The van der Waals surface area contributed by atoms with Crippen LogP contribution >= 0.6 is 11.3 Å². The third-order valence-corrected chi connectivity index (χ3v) is 8.94. The predicted octanol–water partition coefficient (Wildman–Crippen LogP) is 3.03. The van der Waals surface area contributed by atoms with Crippen molar-refractivity contribution in [2.45, 2.75) is 25.3 Å². The Morgan fingerprint density at radius 1 is 1.14 bits per heavy atom. The average Bonchev–Trinajstić information content (AvgIpc) is 3.47. The van der Waals surface area contributed by atoms with Gasteiger partial charge in [-0.05, 0) is 58.1 Å². The van der Waals surface area contributed by atoms with Crippen molar-refractivity contribution in [2.75, 3.05) is 58.3 Å². The van der Waals surface area contributed by atoms with Crippen LogP contribution in [0.15, 0.2) is 41.3 Å². The van der Waals surface area contributed by atoms with Gasteiger partial charge in [-0.1, -0.05) is 12.1 Å². The molecule has 0 bridgehead atoms. The highest BCUT2D eigenvalue weighted by Crippen LogP contribution is 2.31. The van der Waals surface area contributed by atoms with Crippen LogP contribution in [0.2, 0.25) is 0 Å². The molecule has 6 rings (SSSR count). The van der Waals surface area contributed by atoms with E-state index in [0.29, 0.717) is 28.5 Å². The largest absolute Gasteiger partial charge is 0.368 e. The van der Waals surface area contributed by atoms with E-state index in [4.69, 9.17) is 4.98 Å². The fourth-order valence-electron chi connectivity index (χ4n) is 5.61. The predicted molar refractivity (Wildman–Crippen MR) is 147 cm³/mol. The summed E-state index contributed by atoms with van der Waals surface area (Å²) in [5.74, 6) is -0.295. The maximum absolute atomic E-state index is 13.9. The number of para-hydroxylation sites is 1. The molecule has 2 aliphatic rings. The maximum Gasteiger partial charge on any atom is 0.258 e. The van der Waals surface area contributed by atoms with Crippen molar-refractivity contribution in [3.05, 3.63) is 52.3 Å². The van der Waals surface area contributed by atoms with Crippen molar-refractivity contribution in [1.29, 1.82) is 0 Å². The lowest BCUT2D eigenvalue weighted by Crippen LogP contribution is -2.44. The number of rotatable bonds is 5. The second-order valence-electron chi connectivity index (χ2n) is 10.1. The summed E-state index contributed by atoms with van der Waals surface area (Å²) >= 11 is 1.48. The van der Waals surface area contributed by atoms with Gasteiger partial charge in [0.15, 0.2) is 0 Å². The minimum absolute atomic E-state index is 0.223. The zero-order chi connectivity index (χ0) is 24.8. The lowest BCUT2D eigenvalue weighted by atomic mass is 10.1. The van der Waals surface area contributed by atoms with Crippen molar-refractivity contribution >= 4 is 49.0 Å². The number of anilines is 1. The number of thiazole rings is 1. The fraction of sp³-hybridized carbons (Fsp3) is 0.444. The Labute approximate surface area is 214 Å². The molecule has 1 aromatic carbocycles. The number of benzene rings is 1. The number of likely N-dealkylation sites (tertiary alicyclic amines) is 1. The molecule has 3 aromatic heterocycles. The van der Waals surface area contributed by atoms with Gasteiger partial charge in [0, 0.05) is 38.8 Å². The van der Waals surface area contributed by atoms with Gasteiger partial charge in [0.1, 0.15) is 16.0 Å². The molecule has 0 aliphatic carbocycles. The first-order valence-electron chi connectivity index (χ1n) is 12.8. The van der Waals surface area contributed by atoms with E-state index >= 15 is 0 Å². The van der Waals surface area contributed by atoms with E-state index < -0.39 is 0 Å². The summed E-state index contributed by atoms with van der Waals surface area (Å²) in [6.45, 7) is 5.37. The van der Waals surface area contributed by atoms with Gasteiger partial charge in [0.25, 0.3) is 5.91 Å². The molecule has 4 aromatic rings. The average molecular weight is 505 g/mol. The molecule has 188 valence electrons.